The van der Waals surface area contributed by atoms with Crippen molar-refractivity contribution in [1.29, 1.82) is 0 Å². The number of nitrogen functional groups attached to an aromatic ring is 1. The Morgan fingerprint density at radius 1 is 1.42 bits per heavy atom. The van der Waals surface area contributed by atoms with Crippen LogP contribution in [-0.4, -0.2) is 18.0 Å². The lowest BCUT2D eigenvalue weighted by molar-refractivity contribution is 0.102. The molecule has 0 fully saturated rings. The van der Waals surface area contributed by atoms with Crippen LogP contribution in [0.4, 0.5) is 15.8 Å². The summed E-state index contributed by atoms with van der Waals surface area (Å²) in [6, 6.07) is 5.53. The molecule has 0 atom stereocenters. The standard InChI is InChI=1S/C13H12FN3O2/c1-19-8-2-3-10(14)12(6-8)17-13(18)9-4-5-16-7-11(9)15/h2-7H,15H2,1H3,(H,17,18). The molecule has 19 heavy (non-hydrogen) atoms. The number of anilines is 2. The minimum absolute atomic E-state index is 0.0283. The number of nitrogens with zero attached hydrogens (tertiary/aromatic N) is 1. The van der Waals surface area contributed by atoms with E-state index in [0.717, 1.165) is 0 Å². The molecule has 1 amide bonds. The van der Waals surface area contributed by atoms with E-state index in [1.807, 2.05) is 0 Å². The second kappa shape index (κ2) is 5.34. The van der Waals surface area contributed by atoms with Gasteiger partial charge in [-0.2, -0.15) is 0 Å². The molecule has 0 bridgehead atoms. The first-order valence-electron chi connectivity index (χ1n) is 5.46. The predicted octanol–water partition coefficient (Wildman–Crippen LogP) is 2.06. The summed E-state index contributed by atoms with van der Waals surface area (Å²) in [5.74, 6) is -0.617. The largest absolute Gasteiger partial charge is 0.497 e. The fraction of sp³-hybridized carbons (Fsp3) is 0.0769. The molecule has 0 aliphatic rings. The van der Waals surface area contributed by atoms with Crippen LogP contribution in [0.25, 0.3) is 0 Å². The predicted molar refractivity (Wildman–Crippen MR) is 69.6 cm³/mol. The fourth-order valence-corrected chi connectivity index (χ4v) is 1.53. The van der Waals surface area contributed by atoms with Gasteiger partial charge in [0, 0.05) is 12.3 Å². The zero-order valence-corrected chi connectivity index (χ0v) is 10.2. The Hall–Kier alpha value is -2.63. The first kappa shape index (κ1) is 12.8. The molecule has 0 unspecified atom stereocenters. The monoisotopic (exact) mass is 261 g/mol. The van der Waals surface area contributed by atoms with Crippen molar-refractivity contribution in [3.05, 3.63) is 48.0 Å². The van der Waals surface area contributed by atoms with E-state index in [9.17, 15) is 9.18 Å². The molecular formula is C13H12FN3O2. The highest BCUT2D eigenvalue weighted by molar-refractivity contribution is 6.07. The zero-order chi connectivity index (χ0) is 13.8. The van der Waals surface area contributed by atoms with Crippen molar-refractivity contribution in [3.63, 3.8) is 0 Å². The maximum Gasteiger partial charge on any atom is 0.257 e. The molecule has 1 aromatic carbocycles. The molecule has 1 aromatic heterocycles. The van der Waals surface area contributed by atoms with Gasteiger partial charge in [0.05, 0.1) is 30.2 Å². The number of nitrogens with two attached hydrogens (primary N) is 1. The molecule has 2 aromatic rings. The molecule has 0 saturated carbocycles. The Bertz CT molecular complexity index is 617. The number of nitrogens with one attached hydrogen (secondary N) is 1. The van der Waals surface area contributed by atoms with Gasteiger partial charge >= 0.3 is 0 Å². The fourth-order valence-electron chi connectivity index (χ4n) is 1.53. The van der Waals surface area contributed by atoms with E-state index in [4.69, 9.17) is 10.5 Å². The van der Waals surface area contributed by atoms with E-state index in [-0.39, 0.29) is 16.9 Å². The summed E-state index contributed by atoms with van der Waals surface area (Å²) < 4.78 is 18.5. The first-order chi connectivity index (χ1) is 9.11. The van der Waals surface area contributed by atoms with Crippen LogP contribution in [0.5, 0.6) is 5.75 Å². The van der Waals surface area contributed by atoms with Crippen LogP contribution in [0.3, 0.4) is 0 Å². The molecule has 0 aliphatic carbocycles. The zero-order valence-electron chi connectivity index (χ0n) is 10.2. The van der Waals surface area contributed by atoms with Gasteiger partial charge in [0.2, 0.25) is 0 Å². The number of halogens is 1. The summed E-state index contributed by atoms with van der Waals surface area (Å²) in [6.07, 6.45) is 2.80. The van der Waals surface area contributed by atoms with Crippen molar-refractivity contribution in [2.45, 2.75) is 0 Å². The minimum atomic E-state index is -0.554. The van der Waals surface area contributed by atoms with Crippen LogP contribution in [0.1, 0.15) is 10.4 Å². The Labute approximate surface area is 109 Å². The van der Waals surface area contributed by atoms with Crippen LogP contribution >= 0.6 is 0 Å². The molecule has 3 N–H and O–H groups in total. The van der Waals surface area contributed by atoms with Crippen LogP contribution in [0.2, 0.25) is 0 Å². The minimum Gasteiger partial charge on any atom is -0.497 e. The maximum absolute atomic E-state index is 13.6. The second-order valence-corrected chi connectivity index (χ2v) is 3.76. The van der Waals surface area contributed by atoms with E-state index in [1.54, 1.807) is 0 Å². The lowest BCUT2D eigenvalue weighted by atomic mass is 10.2. The van der Waals surface area contributed by atoms with E-state index in [0.29, 0.717) is 5.75 Å². The summed E-state index contributed by atoms with van der Waals surface area (Å²) in [5, 5.41) is 2.44. The maximum atomic E-state index is 13.6. The van der Waals surface area contributed by atoms with Gasteiger partial charge in [-0.1, -0.05) is 0 Å². The smallest absolute Gasteiger partial charge is 0.257 e. The molecule has 0 aliphatic heterocycles. The normalized spacial score (nSPS) is 10.0. The highest BCUT2D eigenvalue weighted by atomic mass is 19.1. The SMILES string of the molecule is COc1ccc(F)c(NC(=O)c2ccncc2N)c1. The van der Waals surface area contributed by atoms with Crippen LogP contribution in [0, 0.1) is 5.82 Å². The summed E-state index contributed by atoms with van der Waals surface area (Å²) >= 11 is 0. The lowest BCUT2D eigenvalue weighted by Crippen LogP contribution is -2.15. The van der Waals surface area contributed by atoms with Crippen molar-refractivity contribution in [2.24, 2.45) is 0 Å². The Balaban J connectivity index is 2.26. The number of carbonyl (C=O) groups is 1. The number of hydrogen-bond donors (Lipinski definition) is 2. The topological polar surface area (TPSA) is 77.2 Å². The van der Waals surface area contributed by atoms with E-state index in [1.165, 1.54) is 43.8 Å². The molecule has 2 rings (SSSR count). The number of amides is 1. The molecule has 5 nitrogen and oxygen atoms in total. The van der Waals surface area contributed by atoms with Crippen molar-refractivity contribution >= 4 is 17.3 Å². The van der Waals surface area contributed by atoms with E-state index in [2.05, 4.69) is 10.3 Å². The summed E-state index contributed by atoms with van der Waals surface area (Å²) in [4.78, 5) is 15.7. The Morgan fingerprint density at radius 2 is 2.21 bits per heavy atom. The molecule has 0 spiro atoms. The quantitative estimate of drug-likeness (QED) is 0.886. The summed E-state index contributed by atoms with van der Waals surface area (Å²) in [5.41, 5.74) is 6.11. The highest BCUT2D eigenvalue weighted by Gasteiger charge is 2.12. The Morgan fingerprint density at radius 3 is 2.89 bits per heavy atom. The number of rotatable bonds is 3. The number of carbonyl (C=O) groups excluding carboxylic acids is 1. The van der Waals surface area contributed by atoms with Crippen molar-refractivity contribution in [3.8, 4) is 5.75 Å². The van der Waals surface area contributed by atoms with Gasteiger partial charge in [-0.15, -0.1) is 0 Å². The Kier molecular flexibility index (Phi) is 3.61. The molecule has 98 valence electrons. The number of ether oxygens (including phenoxy) is 1. The average Bonchev–Trinajstić information content (AvgIpc) is 2.41. The summed E-state index contributed by atoms with van der Waals surface area (Å²) in [6.45, 7) is 0. The van der Waals surface area contributed by atoms with Crippen LogP contribution < -0.4 is 15.8 Å². The van der Waals surface area contributed by atoms with Gasteiger partial charge in [-0.25, -0.2) is 4.39 Å². The molecule has 0 saturated heterocycles. The van der Waals surface area contributed by atoms with Crippen LogP contribution in [0.15, 0.2) is 36.7 Å². The van der Waals surface area contributed by atoms with Gasteiger partial charge in [0.1, 0.15) is 11.6 Å². The number of methoxy groups -OCH3 is 1. The van der Waals surface area contributed by atoms with Crippen molar-refractivity contribution in [1.82, 2.24) is 4.98 Å². The molecule has 0 radical (unpaired) electrons. The van der Waals surface area contributed by atoms with E-state index >= 15 is 0 Å². The number of benzene rings is 1. The summed E-state index contributed by atoms with van der Waals surface area (Å²) in [7, 11) is 1.46. The molecule has 6 heteroatoms. The van der Waals surface area contributed by atoms with Gasteiger partial charge in [-0.05, 0) is 18.2 Å². The second-order valence-electron chi connectivity index (χ2n) is 3.76. The third-order valence-electron chi connectivity index (χ3n) is 2.52. The number of pyridine rings is 1. The highest BCUT2D eigenvalue weighted by Crippen LogP contribution is 2.22. The number of hydrogen-bond acceptors (Lipinski definition) is 4. The van der Waals surface area contributed by atoms with Crippen molar-refractivity contribution < 1.29 is 13.9 Å². The van der Waals surface area contributed by atoms with Crippen LogP contribution in [-0.2, 0) is 0 Å². The van der Waals surface area contributed by atoms with Gasteiger partial charge < -0.3 is 15.8 Å². The van der Waals surface area contributed by atoms with Gasteiger partial charge in [0.25, 0.3) is 5.91 Å². The lowest BCUT2D eigenvalue weighted by Gasteiger charge is -2.09. The van der Waals surface area contributed by atoms with Crippen molar-refractivity contribution in [2.75, 3.05) is 18.2 Å². The van der Waals surface area contributed by atoms with Gasteiger partial charge in [-0.3, -0.25) is 9.78 Å². The first-order valence-corrected chi connectivity index (χ1v) is 5.46. The molecule has 1 heterocycles. The van der Waals surface area contributed by atoms with E-state index < -0.39 is 11.7 Å². The molecular weight excluding hydrogens is 249 g/mol. The third kappa shape index (κ3) is 2.79. The number of aromatic nitrogens is 1. The third-order valence-corrected chi connectivity index (χ3v) is 2.52. The average molecular weight is 261 g/mol. The van der Waals surface area contributed by atoms with Gasteiger partial charge in [0.15, 0.2) is 0 Å².